The third-order valence-electron chi connectivity index (χ3n) is 6.00. The molecule has 0 amide bonds. The number of aromatic carboxylic acids is 1. The van der Waals surface area contributed by atoms with Gasteiger partial charge < -0.3 is 29.2 Å². The number of ether oxygens (including phenoxy) is 4. The number of benzene rings is 2. The van der Waals surface area contributed by atoms with Gasteiger partial charge >= 0.3 is 17.9 Å². The first kappa shape index (κ1) is 32.1. The summed E-state index contributed by atoms with van der Waals surface area (Å²) in [5.41, 5.74) is 1.29. The Morgan fingerprint density at radius 1 is 0.698 bits per heavy atom. The van der Waals surface area contributed by atoms with Gasteiger partial charge in [0.05, 0.1) is 64.1 Å². The molecular weight excluding hydrogens is 570 g/mol. The number of esters is 2. The molecule has 0 aliphatic heterocycles. The van der Waals surface area contributed by atoms with Gasteiger partial charge in [0, 0.05) is 23.3 Å². The van der Waals surface area contributed by atoms with Crippen LogP contribution in [0.25, 0.3) is 22.3 Å². The van der Waals surface area contributed by atoms with E-state index in [1.165, 1.54) is 51.7 Å². The van der Waals surface area contributed by atoms with Crippen LogP contribution in [0.1, 0.15) is 36.6 Å². The summed E-state index contributed by atoms with van der Waals surface area (Å²) in [5, 5.41) is 18.2. The number of carbonyl (C=O) groups excluding carboxylic acids is 2. The zero-order valence-electron chi connectivity index (χ0n) is 23.4. The van der Waals surface area contributed by atoms with Crippen LogP contribution in [0.5, 0.6) is 11.8 Å². The molecule has 0 atom stereocenters. The molecule has 4 aromatic rings. The predicted octanol–water partition coefficient (Wildman–Crippen LogP) is 4.56. The number of carboxylic acid groups (broad SMARTS) is 1. The summed E-state index contributed by atoms with van der Waals surface area (Å²) in [6, 6.07) is 11.1. The fourth-order valence-electron chi connectivity index (χ4n) is 3.87. The molecule has 0 saturated heterocycles. The molecule has 0 aliphatic rings. The molecule has 4 rings (SSSR count). The van der Waals surface area contributed by atoms with Crippen molar-refractivity contribution < 1.29 is 52.3 Å². The summed E-state index contributed by atoms with van der Waals surface area (Å²) in [4.78, 5) is 42.2. The Morgan fingerprint density at radius 3 is 1.58 bits per heavy atom. The third kappa shape index (κ3) is 7.45. The SMILES string of the molecule is COC(=O)c1cc(C(=O)O)ccc1-c1cc(OC)ncc1F.COC(=O)c1cc(CO)ccc1-c1cc(OC)ncc1F. The highest BCUT2D eigenvalue weighted by molar-refractivity contribution is 6.00. The van der Waals surface area contributed by atoms with Crippen LogP contribution in [0.2, 0.25) is 0 Å². The minimum Gasteiger partial charge on any atom is -0.481 e. The number of aliphatic hydroxyl groups excluding tert-OH is 1. The quantitative estimate of drug-likeness (QED) is 0.275. The number of methoxy groups -OCH3 is 4. The number of hydrogen-bond donors (Lipinski definition) is 2. The van der Waals surface area contributed by atoms with Gasteiger partial charge in [-0.1, -0.05) is 18.2 Å². The van der Waals surface area contributed by atoms with E-state index in [0.29, 0.717) is 11.1 Å². The molecule has 0 bridgehead atoms. The lowest BCUT2D eigenvalue weighted by molar-refractivity contribution is 0.0592. The van der Waals surface area contributed by atoms with E-state index in [-0.39, 0.29) is 51.7 Å². The van der Waals surface area contributed by atoms with Gasteiger partial charge in [-0.3, -0.25) is 0 Å². The van der Waals surface area contributed by atoms with E-state index >= 15 is 0 Å². The number of aromatic nitrogens is 2. The highest BCUT2D eigenvalue weighted by atomic mass is 19.1. The normalized spacial score (nSPS) is 10.2. The predicted molar refractivity (Wildman–Crippen MR) is 148 cm³/mol. The maximum atomic E-state index is 14.0. The molecule has 0 unspecified atom stereocenters. The number of halogens is 2. The monoisotopic (exact) mass is 596 g/mol. The molecule has 0 aliphatic carbocycles. The second kappa shape index (κ2) is 14.5. The minimum absolute atomic E-state index is 0.0594. The van der Waals surface area contributed by atoms with Crippen molar-refractivity contribution >= 4 is 17.9 Å². The van der Waals surface area contributed by atoms with Crippen molar-refractivity contribution in [3.8, 4) is 34.0 Å². The molecule has 0 radical (unpaired) electrons. The Morgan fingerprint density at radius 2 is 1.16 bits per heavy atom. The van der Waals surface area contributed by atoms with Gasteiger partial charge in [-0.25, -0.2) is 33.1 Å². The lowest BCUT2D eigenvalue weighted by Gasteiger charge is -2.11. The van der Waals surface area contributed by atoms with Crippen molar-refractivity contribution in [3.63, 3.8) is 0 Å². The van der Waals surface area contributed by atoms with Crippen LogP contribution >= 0.6 is 0 Å². The molecule has 0 saturated carbocycles. The molecule has 2 aromatic carbocycles. The van der Waals surface area contributed by atoms with E-state index in [1.807, 2.05) is 0 Å². The summed E-state index contributed by atoms with van der Waals surface area (Å²) in [6.07, 6.45) is 1.98. The molecule has 0 fully saturated rings. The maximum absolute atomic E-state index is 14.0. The molecule has 43 heavy (non-hydrogen) atoms. The smallest absolute Gasteiger partial charge is 0.338 e. The molecule has 2 N–H and O–H groups in total. The highest BCUT2D eigenvalue weighted by Crippen LogP contribution is 2.31. The van der Waals surface area contributed by atoms with Gasteiger partial charge in [0.2, 0.25) is 11.8 Å². The zero-order chi connectivity index (χ0) is 31.7. The fourth-order valence-corrected chi connectivity index (χ4v) is 3.87. The largest absolute Gasteiger partial charge is 0.481 e. The average molecular weight is 597 g/mol. The van der Waals surface area contributed by atoms with Crippen molar-refractivity contribution in [1.82, 2.24) is 9.97 Å². The molecular formula is C30H26F2N2O9. The first-order chi connectivity index (χ1) is 20.6. The summed E-state index contributed by atoms with van der Waals surface area (Å²) in [7, 11) is 5.18. The summed E-state index contributed by atoms with van der Waals surface area (Å²) >= 11 is 0. The number of pyridine rings is 2. The Kier molecular flexibility index (Phi) is 10.8. The van der Waals surface area contributed by atoms with E-state index in [4.69, 9.17) is 24.4 Å². The lowest BCUT2D eigenvalue weighted by atomic mass is 9.97. The second-order valence-electron chi connectivity index (χ2n) is 8.50. The lowest BCUT2D eigenvalue weighted by Crippen LogP contribution is -2.07. The first-order valence-corrected chi connectivity index (χ1v) is 12.3. The average Bonchev–Trinajstić information content (AvgIpc) is 3.04. The standard InChI is InChI=1S/C15H12FNO5.C15H14FNO4/c1-21-13-6-10(12(16)7-17-13)9-4-3-8(14(18)19)5-11(9)15(20)22-2;1-20-14-6-11(13(16)7-17-14)10-4-3-9(8-18)5-12(10)15(19)21-2/h3-7H,1-2H3,(H,18,19);3-7,18H,8H2,1-2H3. The van der Waals surface area contributed by atoms with Crippen molar-refractivity contribution in [2.24, 2.45) is 0 Å². The van der Waals surface area contributed by atoms with Crippen LogP contribution in [-0.4, -0.2) is 66.5 Å². The van der Waals surface area contributed by atoms with Crippen LogP contribution in [0, 0.1) is 11.6 Å². The van der Waals surface area contributed by atoms with Gasteiger partial charge in [-0.15, -0.1) is 0 Å². The summed E-state index contributed by atoms with van der Waals surface area (Å²) in [5.74, 6) is -3.46. The molecule has 2 heterocycles. The van der Waals surface area contributed by atoms with Crippen molar-refractivity contribution in [1.29, 1.82) is 0 Å². The van der Waals surface area contributed by atoms with Crippen LogP contribution in [0.15, 0.2) is 60.9 Å². The highest BCUT2D eigenvalue weighted by Gasteiger charge is 2.20. The van der Waals surface area contributed by atoms with E-state index in [9.17, 15) is 23.2 Å². The number of rotatable bonds is 8. The van der Waals surface area contributed by atoms with Crippen molar-refractivity contribution in [3.05, 3.63) is 94.8 Å². The van der Waals surface area contributed by atoms with Crippen molar-refractivity contribution in [2.45, 2.75) is 6.61 Å². The van der Waals surface area contributed by atoms with Gasteiger partial charge in [0.25, 0.3) is 0 Å². The van der Waals surface area contributed by atoms with E-state index in [0.717, 1.165) is 25.6 Å². The molecule has 2 aromatic heterocycles. The molecule has 224 valence electrons. The van der Waals surface area contributed by atoms with Crippen LogP contribution in [-0.2, 0) is 16.1 Å². The maximum Gasteiger partial charge on any atom is 0.338 e. The van der Waals surface area contributed by atoms with Gasteiger partial charge in [0.15, 0.2) is 0 Å². The van der Waals surface area contributed by atoms with Gasteiger partial charge in [-0.05, 0) is 34.9 Å². The Balaban J connectivity index is 0.000000236. The van der Waals surface area contributed by atoms with Crippen LogP contribution in [0.3, 0.4) is 0 Å². The molecule has 13 heteroatoms. The zero-order valence-corrected chi connectivity index (χ0v) is 23.4. The van der Waals surface area contributed by atoms with Crippen molar-refractivity contribution in [2.75, 3.05) is 28.4 Å². The first-order valence-electron chi connectivity index (χ1n) is 12.3. The molecule has 0 spiro atoms. The number of carboxylic acids is 1. The second-order valence-corrected chi connectivity index (χ2v) is 8.50. The fraction of sp³-hybridized carbons (Fsp3) is 0.167. The minimum atomic E-state index is -1.20. The number of carbonyl (C=O) groups is 3. The summed E-state index contributed by atoms with van der Waals surface area (Å²) < 4.78 is 47.2. The van der Waals surface area contributed by atoms with Crippen LogP contribution in [0.4, 0.5) is 8.78 Å². The third-order valence-corrected chi connectivity index (χ3v) is 6.00. The van der Waals surface area contributed by atoms with Crippen LogP contribution < -0.4 is 9.47 Å². The number of aliphatic hydroxyl groups is 1. The van der Waals surface area contributed by atoms with E-state index < -0.39 is 29.5 Å². The Bertz CT molecular complexity index is 1660. The summed E-state index contributed by atoms with van der Waals surface area (Å²) in [6.45, 7) is -0.230. The topological polar surface area (TPSA) is 154 Å². The molecule has 11 nitrogen and oxygen atoms in total. The number of hydrogen-bond acceptors (Lipinski definition) is 10. The number of nitrogens with zero attached hydrogens (tertiary/aromatic N) is 2. The van der Waals surface area contributed by atoms with E-state index in [2.05, 4.69) is 14.7 Å². The van der Waals surface area contributed by atoms with E-state index in [1.54, 1.807) is 12.1 Å². The van der Waals surface area contributed by atoms with Gasteiger partial charge in [0.1, 0.15) is 11.6 Å². The Labute approximate surface area is 244 Å². The Hall–Kier alpha value is -5.43. The van der Waals surface area contributed by atoms with Gasteiger partial charge in [-0.2, -0.15) is 0 Å².